The molecule has 15 heavy (non-hydrogen) atoms. The van der Waals surface area contributed by atoms with E-state index in [0.717, 1.165) is 4.88 Å². The summed E-state index contributed by atoms with van der Waals surface area (Å²) in [6.07, 6.45) is 4.99. The van der Waals surface area contributed by atoms with Crippen LogP contribution in [-0.2, 0) is 0 Å². The van der Waals surface area contributed by atoms with E-state index in [9.17, 15) is 4.79 Å². The summed E-state index contributed by atoms with van der Waals surface area (Å²) in [7, 11) is 0. The van der Waals surface area contributed by atoms with Crippen LogP contribution in [0.4, 0.5) is 0 Å². The quantitative estimate of drug-likeness (QED) is 0.824. The minimum Gasteiger partial charge on any atom is -0.307 e. The molecule has 1 fully saturated rings. The van der Waals surface area contributed by atoms with Crippen molar-refractivity contribution >= 4 is 28.7 Å². The van der Waals surface area contributed by atoms with Crippen LogP contribution in [0.25, 0.3) is 0 Å². The van der Waals surface area contributed by atoms with Gasteiger partial charge in [-0.2, -0.15) is 0 Å². The number of rotatable bonds is 4. The van der Waals surface area contributed by atoms with Gasteiger partial charge in [-0.05, 0) is 25.0 Å². The molecule has 1 aliphatic carbocycles. The molecule has 0 spiro atoms. The van der Waals surface area contributed by atoms with Crippen LogP contribution in [0.1, 0.15) is 35.4 Å². The smallest absolute Gasteiger partial charge is 0.186 e. The predicted molar refractivity (Wildman–Crippen MR) is 63.9 cm³/mol. The highest BCUT2D eigenvalue weighted by atomic mass is 35.5. The van der Waals surface area contributed by atoms with Crippen molar-refractivity contribution in [1.82, 2.24) is 5.32 Å². The molecule has 0 unspecified atom stereocenters. The molecule has 2 nitrogen and oxygen atoms in total. The van der Waals surface area contributed by atoms with Crippen LogP contribution in [0.5, 0.6) is 0 Å². The Hall–Kier alpha value is -0.380. The van der Waals surface area contributed by atoms with Crippen molar-refractivity contribution in [1.29, 1.82) is 0 Å². The molecular weight excluding hydrogens is 230 g/mol. The zero-order valence-corrected chi connectivity index (χ0v) is 10.0. The van der Waals surface area contributed by atoms with Crippen molar-refractivity contribution in [3.8, 4) is 0 Å². The van der Waals surface area contributed by atoms with Gasteiger partial charge in [-0.3, -0.25) is 4.79 Å². The summed E-state index contributed by atoms with van der Waals surface area (Å²) in [6, 6.07) is 4.12. The number of carbonyl (C=O) groups excluding carboxylic acids is 1. The van der Waals surface area contributed by atoms with E-state index in [1.807, 2.05) is 0 Å². The first-order valence-corrected chi connectivity index (χ1v) is 6.47. The normalized spacial score (nSPS) is 17.1. The third kappa shape index (κ3) is 3.03. The molecule has 0 bridgehead atoms. The zero-order valence-electron chi connectivity index (χ0n) is 8.46. The van der Waals surface area contributed by atoms with Crippen LogP contribution < -0.4 is 5.32 Å². The van der Waals surface area contributed by atoms with Gasteiger partial charge in [0.1, 0.15) is 0 Å². The number of ketones is 1. The predicted octanol–water partition coefficient (Wildman–Crippen LogP) is 3.12. The molecular formula is C11H14ClNOS. The molecule has 1 N–H and O–H groups in total. The Morgan fingerprint density at radius 1 is 1.47 bits per heavy atom. The van der Waals surface area contributed by atoms with Gasteiger partial charge >= 0.3 is 0 Å². The van der Waals surface area contributed by atoms with Gasteiger partial charge < -0.3 is 5.32 Å². The van der Waals surface area contributed by atoms with Gasteiger partial charge in [-0.25, -0.2) is 0 Å². The third-order valence-electron chi connectivity index (χ3n) is 2.75. The number of thiophene rings is 1. The lowest BCUT2D eigenvalue weighted by atomic mass is 10.2. The Morgan fingerprint density at radius 3 is 2.80 bits per heavy atom. The first-order valence-electron chi connectivity index (χ1n) is 5.27. The third-order valence-corrected chi connectivity index (χ3v) is 4.03. The van der Waals surface area contributed by atoms with Crippen LogP contribution in [0, 0.1) is 0 Å². The van der Waals surface area contributed by atoms with Crippen LogP contribution >= 0.6 is 22.9 Å². The molecule has 0 aliphatic heterocycles. The summed E-state index contributed by atoms with van der Waals surface area (Å²) in [5.41, 5.74) is 0. The molecule has 4 heteroatoms. The zero-order chi connectivity index (χ0) is 10.7. The van der Waals surface area contributed by atoms with Crippen LogP contribution in [0.3, 0.4) is 0 Å². The van der Waals surface area contributed by atoms with Gasteiger partial charge in [0.05, 0.1) is 15.8 Å². The second kappa shape index (κ2) is 5.10. The summed E-state index contributed by atoms with van der Waals surface area (Å²) in [5, 5.41) is 3.30. The highest BCUT2D eigenvalue weighted by Crippen LogP contribution is 2.22. The van der Waals surface area contributed by atoms with E-state index in [0.29, 0.717) is 16.9 Å². The number of halogens is 1. The van der Waals surface area contributed by atoms with E-state index >= 15 is 0 Å². The maximum atomic E-state index is 11.7. The summed E-state index contributed by atoms with van der Waals surface area (Å²) < 4.78 is 0.680. The Bertz CT molecular complexity index is 344. The maximum Gasteiger partial charge on any atom is 0.186 e. The molecule has 82 valence electrons. The molecule has 0 atom stereocenters. The Labute approximate surface area is 98.6 Å². The van der Waals surface area contributed by atoms with Gasteiger partial charge in [0.25, 0.3) is 0 Å². The van der Waals surface area contributed by atoms with Crippen LogP contribution in [0.15, 0.2) is 12.1 Å². The molecule has 1 aromatic heterocycles. The second-order valence-corrected chi connectivity index (χ2v) is 5.60. The Morgan fingerprint density at radius 2 is 2.20 bits per heavy atom. The summed E-state index contributed by atoms with van der Waals surface area (Å²) >= 11 is 7.13. The SMILES string of the molecule is O=C(CNC1CCCC1)c1ccc(Cl)s1. The van der Waals surface area contributed by atoms with Crippen molar-refractivity contribution in [2.24, 2.45) is 0 Å². The lowest BCUT2D eigenvalue weighted by Gasteiger charge is -2.09. The minimum atomic E-state index is 0.152. The van der Waals surface area contributed by atoms with E-state index in [-0.39, 0.29) is 5.78 Å². The monoisotopic (exact) mass is 243 g/mol. The summed E-state index contributed by atoms with van der Waals surface area (Å²) in [5.74, 6) is 0.152. The second-order valence-electron chi connectivity index (χ2n) is 3.89. The van der Waals surface area contributed by atoms with Crippen molar-refractivity contribution in [2.75, 3.05) is 6.54 Å². The fourth-order valence-electron chi connectivity index (χ4n) is 1.92. The number of hydrogen-bond acceptors (Lipinski definition) is 3. The van der Waals surface area contributed by atoms with Crippen molar-refractivity contribution in [3.63, 3.8) is 0 Å². The van der Waals surface area contributed by atoms with E-state index in [1.165, 1.54) is 37.0 Å². The van der Waals surface area contributed by atoms with Gasteiger partial charge in [0, 0.05) is 6.04 Å². The largest absolute Gasteiger partial charge is 0.307 e. The van der Waals surface area contributed by atoms with Gasteiger partial charge in [-0.15, -0.1) is 11.3 Å². The fourth-order valence-corrected chi connectivity index (χ4v) is 2.90. The van der Waals surface area contributed by atoms with Crippen LogP contribution in [-0.4, -0.2) is 18.4 Å². The summed E-state index contributed by atoms with van der Waals surface area (Å²) in [4.78, 5) is 12.5. The Kier molecular flexibility index (Phi) is 3.78. The molecule has 0 amide bonds. The minimum absolute atomic E-state index is 0.152. The first-order chi connectivity index (χ1) is 7.25. The highest BCUT2D eigenvalue weighted by Gasteiger charge is 2.16. The van der Waals surface area contributed by atoms with Gasteiger partial charge in [0.2, 0.25) is 0 Å². The van der Waals surface area contributed by atoms with Crippen molar-refractivity contribution < 1.29 is 4.79 Å². The Balaban J connectivity index is 1.81. The lowest BCUT2D eigenvalue weighted by molar-refractivity contribution is 0.0991. The fraction of sp³-hybridized carbons (Fsp3) is 0.545. The van der Waals surface area contributed by atoms with E-state index in [2.05, 4.69) is 5.32 Å². The lowest BCUT2D eigenvalue weighted by Crippen LogP contribution is -2.31. The van der Waals surface area contributed by atoms with Crippen molar-refractivity contribution in [2.45, 2.75) is 31.7 Å². The molecule has 1 aromatic rings. The standard InChI is InChI=1S/C11H14ClNOS/c12-11-6-5-10(15-11)9(14)7-13-8-3-1-2-4-8/h5-6,8,13H,1-4,7H2. The number of carbonyl (C=O) groups is 1. The number of Topliss-reactive ketones (excluding diaryl/α,β-unsaturated/α-hetero) is 1. The first kappa shape index (κ1) is 11.1. The van der Waals surface area contributed by atoms with Crippen LogP contribution in [0.2, 0.25) is 4.34 Å². The molecule has 1 aliphatic rings. The molecule has 0 saturated heterocycles. The molecule has 0 radical (unpaired) electrons. The number of hydrogen-bond donors (Lipinski definition) is 1. The van der Waals surface area contributed by atoms with E-state index in [4.69, 9.17) is 11.6 Å². The number of nitrogens with one attached hydrogen (secondary N) is 1. The average Bonchev–Trinajstić information content (AvgIpc) is 2.84. The summed E-state index contributed by atoms with van der Waals surface area (Å²) in [6.45, 7) is 0.446. The molecule has 1 saturated carbocycles. The molecule has 2 rings (SSSR count). The van der Waals surface area contributed by atoms with Gasteiger partial charge in [0.15, 0.2) is 5.78 Å². The molecule has 0 aromatic carbocycles. The average molecular weight is 244 g/mol. The molecule has 1 heterocycles. The maximum absolute atomic E-state index is 11.7. The van der Waals surface area contributed by atoms with E-state index < -0.39 is 0 Å². The topological polar surface area (TPSA) is 29.1 Å². The van der Waals surface area contributed by atoms with E-state index in [1.54, 1.807) is 12.1 Å². The van der Waals surface area contributed by atoms with Crippen molar-refractivity contribution in [3.05, 3.63) is 21.3 Å². The van der Waals surface area contributed by atoms with Gasteiger partial charge in [-0.1, -0.05) is 24.4 Å². The highest BCUT2D eigenvalue weighted by molar-refractivity contribution is 7.18.